The van der Waals surface area contributed by atoms with Crippen molar-refractivity contribution in [2.45, 2.75) is 25.9 Å². The topological polar surface area (TPSA) is 33.1 Å². The molecule has 1 unspecified atom stereocenters. The Morgan fingerprint density at radius 1 is 1.05 bits per heavy atom. The van der Waals surface area contributed by atoms with Gasteiger partial charge in [0.15, 0.2) is 0 Å². The third-order valence-corrected chi connectivity index (χ3v) is 4.13. The van der Waals surface area contributed by atoms with Crippen molar-refractivity contribution in [2.24, 2.45) is 0 Å². The molecule has 2 nitrogen and oxygen atoms in total. The minimum absolute atomic E-state index is 0.886. The van der Waals surface area contributed by atoms with E-state index >= 15 is 0 Å². The SMILES string of the molecule is CCc1ccc(C(C)(O)c2cccc3ccncc23)cc1. The number of hydrogen-bond acceptors (Lipinski definition) is 2. The summed E-state index contributed by atoms with van der Waals surface area (Å²) in [6.07, 6.45) is 4.59. The summed E-state index contributed by atoms with van der Waals surface area (Å²) in [7, 11) is 0. The van der Waals surface area contributed by atoms with Gasteiger partial charge in [-0.15, -0.1) is 0 Å². The number of benzene rings is 2. The molecule has 1 atom stereocenters. The van der Waals surface area contributed by atoms with E-state index in [-0.39, 0.29) is 0 Å². The summed E-state index contributed by atoms with van der Waals surface area (Å²) in [5.41, 5.74) is 2.02. The maximum Gasteiger partial charge on any atom is 0.112 e. The van der Waals surface area contributed by atoms with Crippen molar-refractivity contribution in [2.75, 3.05) is 0 Å². The first-order valence-corrected chi connectivity index (χ1v) is 7.28. The molecule has 0 saturated carbocycles. The predicted molar refractivity (Wildman–Crippen MR) is 86.2 cm³/mol. The van der Waals surface area contributed by atoms with Gasteiger partial charge in [0.25, 0.3) is 0 Å². The molecule has 3 rings (SSSR count). The van der Waals surface area contributed by atoms with Crippen LogP contribution in [0.4, 0.5) is 0 Å². The molecule has 0 spiro atoms. The first-order valence-electron chi connectivity index (χ1n) is 7.28. The largest absolute Gasteiger partial charge is 0.381 e. The van der Waals surface area contributed by atoms with Crippen LogP contribution >= 0.6 is 0 Å². The first kappa shape index (κ1) is 13.8. The Morgan fingerprint density at radius 3 is 2.52 bits per heavy atom. The average Bonchev–Trinajstić information content (AvgIpc) is 2.54. The van der Waals surface area contributed by atoms with Crippen molar-refractivity contribution in [1.82, 2.24) is 4.98 Å². The summed E-state index contributed by atoms with van der Waals surface area (Å²) < 4.78 is 0. The van der Waals surface area contributed by atoms with Gasteiger partial charge in [-0.25, -0.2) is 0 Å². The Hall–Kier alpha value is -2.19. The van der Waals surface area contributed by atoms with Crippen molar-refractivity contribution < 1.29 is 5.11 Å². The van der Waals surface area contributed by atoms with Gasteiger partial charge in [0.05, 0.1) is 0 Å². The highest BCUT2D eigenvalue weighted by molar-refractivity contribution is 5.86. The van der Waals surface area contributed by atoms with Crippen LogP contribution in [0.1, 0.15) is 30.5 Å². The van der Waals surface area contributed by atoms with E-state index in [9.17, 15) is 5.11 Å². The van der Waals surface area contributed by atoms with Gasteiger partial charge < -0.3 is 5.11 Å². The van der Waals surface area contributed by atoms with E-state index in [1.807, 2.05) is 49.5 Å². The fourth-order valence-corrected chi connectivity index (χ4v) is 2.76. The minimum Gasteiger partial charge on any atom is -0.381 e. The van der Waals surface area contributed by atoms with Crippen LogP contribution in [0.25, 0.3) is 10.8 Å². The Bertz CT molecular complexity index is 755. The van der Waals surface area contributed by atoms with Crippen molar-refractivity contribution in [1.29, 1.82) is 0 Å². The molecular weight excluding hydrogens is 258 g/mol. The number of aryl methyl sites for hydroxylation is 1. The van der Waals surface area contributed by atoms with Crippen LogP contribution in [-0.4, -0.2) is 10.1 Å². The van der Waals surface area contributed by atoms with E-state index in [2.05, 4.69) is 24.0 Å². The van der Waals surface area contributed by atoms with E-state index in [4.69, 9.17) is 0 Å². The van der Waals surface area contributed by atoms with Gasteiger partial charge in [0.1, 0.15) is 5.60 Å². The van der Waals surface area contributed by atoms with Crippen LogP contribution in [0, 0.1) is 0 Å². The number of aliphatic hydroxyl groups is 1. The molecule has 1 heterocycles. The van der Waals surface area contributed by atoms with Gasteiger partial charge in [0, 0.05) is 17.8 Å². The second-order valence-corrected chi connectivity index (χ2v) is 5.53. The van der Waals surface area contributed by atoms with Crippen molar-refractivity contribution in [3.8, 4) is 0 Å². The van der Waals surface area contributed by atoms with E-state index in [1.54, 1.807) is 6.20 Å². The zero-order chi connectivity index (χ0) is 14.9. The fraction of sp³-hybridized carbons (Fsp3) is 0.211. The first-order chi connectivity index (χ1) is 10.1. The Balaban J connectivity index is 2.14. The molecule has 0 radical (unpaired) electrons. The molecule has 0 aliphatic heterocycles. The van der Waals surface area contributed by atoms with E-state index in [0.717, 1.165) is 28.3 Å². The summed E-state index contributed by atoms with van der Waals surface area (Å²) in [6.45, 7) is 3.97. The van der Waals surface area contributed by atoms with Crippen molar-refractivity contribution in [3.05, 3.63) is 77.6 Å². The Kier molecular flexibility index (Phi) is 3.48. The lowest BCUT2D eigenvalue weighted by molar-refractivity contribution is 0.104. The standard InChI is InChI=1S/C19H19NO/c1-3-14-7-9-16(10-8-14)19(2,21)18-6-4-5-15-11-12-20-13-17(15)18/h4-13,21H,3H2,1-2H3. The second-order valence-electron chi connectivity index (χ2n) is 5.53. The molecule has 2 aromatic carbocycles. The predicted octanol–water partition coefficient (Wildman–Crippen LogP) is 4.05. The molecule has 0 fully saturated rings. The van der Waals surface area contributed by atoms with Gasteiger partial charge in [-0.1, -0.05) is 49.4 Å². The lowest BCUT2D eigenvalue weighted by Gasteiger charge is -2.26. The summed E-state index contributed by atoms with van der Waals surface area (Å²) >= 11 is 0. The van der Waals surface area contributed by atoms with E-state index < -0.39 is 5.60 Å². The molecule has 3 aromatic rings. The van der Waals surface area contributed by atoms with E-state index in [1.165, 1.54) is 5.56 Å². The van der Waals surface area contributed by atoms with Crippen LogP contribution in [0.15, 0.2) is 60.9 Å². The monoisotopic (exact) mass is 277 g/mol. The summed E-state index contributed by atoms with van der Waals surface area (Å²) in [6, 6.07) is 16.1. The second kappa shape index (κ2) is 5.30. The number of rotatable bonds is 3. The van der Waals surface area contributed by atoms with Crippen LogP contribution in [0.5, 0.6) is 0 Å². The fourth-order valence-electron chi connectivity index (χ4n) is 2.76. The van der Waals surface area contributed by atoms with Crippen LogP contribution in [0.3, 0.4) is 0 Å². The average molecular weight is 277 g/mol. The van der Waals surface area contributed by atoms with Gasteiger partial charge in [0.2, 0.25) is 0 Å². The molecule has 106 valence electrons. The summed E-state index contributed by atoms with van der Waals surface area (Å²) in [5, 5.41) is 13.2. The number of aromatic nitrogens is 1. The van der Waals surface area contributed by atoms with Crippen LogP contribution < -0.4 is 0 Å². The molecule has 21 heavy (non-hydrogen) atoms. The smallest absolute Gasteiger partial charge is 0.112 e. The van der Waals surface area contributed by atoms with Crippen molar-refractivity contribution >= 4 is 10.8 Å². The maximum absolute atomic E-state index is 11.1. The maximum atomic E-state index is 11.1. The summed E-state index contributed by atoms with van der Waals surface area (Å²) in [5.74, 6) is 0. The number of pyridine rings is 1. The van der Waals surface area contributed by atoms with Gasteiger partial charge >= 0.3 is 0 Å². The molecule has 0 aliphatic rings. The lowest BCUT2D eigenvalue weighted by atomic mass is 9.85. The number of fused-ring (bicyclic) bond motifs is 1. The minimum atomic E-state index is -1.03. The third kappa shape index (κ3) is 2.43. The van der Waals surface area contributed by atoms with Gasteiger partial charge in [-0.05, 0) is 41.5 Å². The zero-order valence-corrected chi connectivity index (χ0v) is 12.4. The molecular formula is C19H19NO. The van der Waals surface area contributed by atoms with Crippen molar-refractivity contribution in [3.63, 3.8) is 0 Å². The molecule has 0 saturated heterocycles. The van der Waals surface area contributed by atoms with E-state index in [0.29, 0.717) is 0 Å². The number of nitrogens with zero attached hydrogens (tertiary/aromatic N) is 1. The van der Waals surface area contributed by atoms with Gasteiger partial charge in [-0.2, -0.15) is 0 Å². The summed E-state index contributed by atoms with van der Waals surface area (Å²) in [4.78, 5) is 4.20. The number of hydrogen-bond donors (Lipinski definition) is 1. The molecule has 2 heteroatoms. The highest BCUT2D eigenvalue weighted by atomic mass is 16.3. The zero-order valence-electron chi connectivity index (χ0n) is 12.4. The normalized spacial score (nSPS) is 14.0. The third-order valence-electron chi connectivity index (χ3n) is 4.13. The molecule has 0 aliphatic carbocycles. The molecule has 0 bridgehead atoms. The Labute approximate surface area is 125 Å². The molecule has 1 N–H and O–H groups in total. The quantitative estimate of drug-likeness (QED) is 0.783. The Morgan fingerprint density at radius 2 is 1.81 bits per heavy atom. The molecule has 1 aromatic heterocycles. The highest BCUT2D eigenvalue weighted by Gasteiger charge is 2.27. The molecule has 0 amide bonds. The van der Waals surface area contributed by atoms with Crippen LogP contribution in [-0.2, 0) is 12.0 Å². The highest BCUT2D eigenvalue weighted by Crippen LogP contribution is 2.33. The van der Waals surface area contributed by atoms with Gasteiger partial charge in [-0.3, -0.25) is 4.98 Å². The van der Waals surface area contributed by atoms with Crippen LogP contribution in [0.2, 0.25) is 0 Å². The lowest BCUT2D eigenvalue weighted by Crippen LogP contribution is -2.23.